The molecule has 0 aliphatic carbocycles. The molecule has 19 heavy (non-hydrogen) atoms. The third-order valence-electron chi connectivity index (χ3n) is 3.13. The van der Waals surface area contributed by atoms with Gasteiger partial charge in [0.25, 0.3) is 5.91 Å². The van der Waals surface area contributed by atoms with Gasteiger partial charge in [-0.3, -0.25) is 4.79 Å². The SMILES string of the molecule is CCC(CC)N(CCO)C(=O)c1ccnc(N)c1F. The van der Waals surface area contributed by atoms with Gasteiger partial charge in [0.1, 0.15) is 0 Å². The van der Waals surface area contributed by atoms with Crippen molar-refractivity contribution in [2.24, 2.45) is 0 Å². The summed E-state index contributed by atoms with van der Waals surface area (Å²) in [5.41, 5.74) is 5.26. The summed E-state index contributed by atoms with van der Waals surface area (Å²) >= 11 is 0. The van der Waals surface area contributed by atoms with E-state index in [1.54, 1.807) is 0 Å². The first-order valence-electron chi connectivity index (χ1n) is 6.38. The Hall–Kier alpha value is -1.69. The second kappa shape index (κ2) is 7.04. The first kappa shape index (κ1) is 15.4. The molecule has 1 aromatic rings. The number of hydrogen-bond donors (Lipinski definition) is 2. The number of rotatable bonds is 6. The van der Waals surface area contributed by atoms with E-state index in [-0.39, 0.29) is 30.6 Å². The summed E-state index contributed by atoms with van der Waals surface area (Å²) in [5, 5.41) is 9.07. The number of nitrogen functional groups attached to an aromatic ring is 1. The Bertz CT molecular complexity index is 436. The van der Waals surface area contributed by atoms with Crippen LogP contribution in [0.3, 0.4) is 0 Å². The third-order valence-corrected chi connectivity index (χ3v) is 3.13. The monoisotopic (exact) mass is 269 g/mol. The zero-order chi connectivity index (χ0) is 14.4. The third kappa shape index (κ3) is 3.41. The maximum Gasteiger partial charge on any atom is 0.257 e. The number of nitrogens with zero attached hydrogens (tertiary/aromatic N) is 2. The van der Waals surface area contributed by atoms with E-state index in [9.17, 15) is 9.18 Å². The van der Waals surface area contributed by atoms with Crippen molar-refractivity contribution in [1.82, 2.24) is 9.88 Å². The van der Waals surface area contributed by atoms with Crippen molar-refractivity contribution in [3.8, 4) is 0 Å². The van der Waals surface area contributed by atoms with Gasteiger partial charge in [0.15, 0.2) is 11.6 Å². The van der Waals surface area contributed by atoms with Gasteiger partial charge in [-0.05, 0) is 18.9 Å². The van der Waals surface area contributed by atoms with Gasteiger partial charge in [0.2, 0.25) is 0 Å². The van der Waals surface area contributed by atoms with E-state index < -0.39 is 11.7 Å². The van der Waals surface area contributed by atoms with Gasteiger partial charge >= 0.3 is 0 Å². The number of anilines is 1. The van der Waals surface area contributed by atoms with Gasteiger partial charge in [-0.25, -0.2) is 9.37 Å². The minimum Gasteiger partial charge on any atom is -0.395 e. The van der Waals surface area contributed by atoms with Crippen LogP contribution in [0, 0.1) is 5.82 Å². The molecule has 1 aromatic heterocycles. The fourth-order valence-corrected chi connectivity index (χ4v) is 2.07. The molecule has 0 unspecified atom stereocenters. The number of aliphatic hydroxyl groups excluding tert-OH is 1. The summed E-state index contributed by atoms with van der Waals surface area (Å²) in [6, 6.07) is 1.27. The molecule has 1 rings (SSSR count). The van der Waals surface area contributed by atoms with E-state index >= 15 is 0 Å². The lowest BCUT2D eigenvalue weighted by atomic mass is 10.1. The van der Waals surface area contributed by atoms with Crippen LogP contribution in [0.2, 0.25) is 0 Å². The second-order valence-corrected chi connectivity index (χ2v) is 4.25. The van der Waals surface area contributed by atoms with E-state index in [0.717, 1.165) is 12.8 Å². The van der Waals surface area contributed by atoms with Crippen molar-refractivity contribution in [3.63, 3.8) is 0 Å². The highest BCUT2D eigenvalue weighted by Crippen LogP contribution is 2.18. The lowest BCUT2D eigenvalue weighted by Gasteiger charge is -2.30. The van der Waals surface area contributed by atoms with Crippen LogP contribution >= 0.6 is 0 Å². The van der Waals surface area contributed by atoms with Crippen LogP contribution in [0.1, 0.15) is 37.0 Å². The van der Waals surface area contributed by atoms with Crippen LogP contribution in [0.5, 0.6) is 0 Å². The van der Waals surface area contributed by atoms with E-state index in [1.165, 1.54) is 17.2 Å². The molecule has 0 saturated carbocycles. The van der Waals surface area contributed by atoms with Crippen molar-refractivity contribution < 1.29 is 14.3 Å². The van der Waals surface area contributed by atoms with Gasteiger partial charge in [0, 0.05) is 18.8 Å². The summed E-state index contributed by atoms with van der Waals surface area (Å²) in [4.78, 5) is 17.4. The number of aliphatic hydroxyl groups is 1. The number of pyridine rings is 1. The highest BCUT2D eigenvalue weighted by molar-refractivity contribution is 5.95. The topological polar surface area (TPSA) is 79.5 Å². The van der Waals surface area contributed by atoms with E-state index in [1.807, 2.05) is 13.8 Å². The van der Waals surface area contributed by atoms with E-state index in [0.29, 0.717) is 0 Å². The molecule has 0 fully saturated rings. The van der Waals surface area contributed by atoms with Crippen molar-refractivity contribution in [1.29, 1.82) is 0 Å². The molecule has 1 amide bonds. The van der Waals surface area contributed by atoms with Crippen molar-refractivity contribution in [2.45, 2.75) is 32.7 Å². The van der Waals surface area contributed by atoms with Crippen LogP contribution in [0.15, 0.2) is 12.3 Å². The lowest BCUT2D eigenvalue weighted by Crippen LogP contribution is -2.42. The smallest absolute Gasteiger partial charge is 0.257 e. The van der Waals surface area contributed by atoms with Crippen LogP contribution < -0.4 is 5.73 Å². The Morgan fingerprint density at radius 3 is 2.68 bits per heavy atom. The maximum atomic E-state index is 13.8. The molecule has 1 heterocycles. The molecule has 0 radical (unpaired) electrons. The summed E-state index contributed by atoms with van der Waals surface area (Å²) in [7, 11) is 0. The van der Waals surface area contributed by atoms with Crippen LogP contribution in [0.25, 0.3) is 0 Å². The Balaban J connectivity index is 3.08. The summed E-state index contributed by atoms with van der Waals surface area (Å²) in [6.07, 6.45) is 2.78. The molecule has 0 aliphatic heterocycles. The minimum absolute atomic E-state index is 0.0339. The quantitative estimate of drug-likeness (QED) is 0.818. The number of aromatic nitrogens is 1. The normalized spacial score (nSPS) is 10.8. The Morgan fingerprint density at radius 1 is 1.53 bits per heavy atom. The van der Waals surface area contributed by atoms with Crippen LogP contribution in [-0.2, 0) is 0 Å². The average Bonchev–Trinajstić information content (AvgIpc) is 2.41. The maximum absolute atomic E-state index is 13.8. The summed E-state index contributed by atoms with van der Waals surface area (Å²) in [5.74, 6) is -1.56. The number of amides is 1. The minimum atomic E-state index is -0.804. The Labute approximate surface area is 112 Å². The molecule has 0 aromatic carbocycles. The van der Waals surface area contributed by atoms with E-state index in [2.05, 4.69) is 4.98 Å². The van der Waals surface area contributed by atoms with Gasteiger partial charge in [-0.15, -0.1) is 0 Å². The molecule has 0 spiro atoms. The van der Waals surface area contributed by atoms with Gasteiger partial charge in [-0.1, -0.05) is 13.8 Å². The Morgan fingerprint density at radius 2 is 2.16 bits per heavy atom. The molecule has 106 valence electrons. The van der Waals surface area contributed by atoms with Gasteiger partial charge in [0.05, 0.1) is 12.2 Å². The second-order valence-electron chi connectivity index (χ2n) is 4.25. The van der Waals surface area contributed by atoms with Gasteiger partial charge < -0.3 is 15.7 Å². The van der Waals surface area contributed by atoms with Crippen LogP contribution in [0.4, 0.5) is 10.2 Å². The molecule has 0 atom stereocenters. The largest absolute Gasteiger partial charge is 0.395 e. The molecule has 0 bridgehead atoms. The standard InChI is InChI=1S/C13H20FN3O2/c1-3-9(4-2)17(7-8-18)13(19)10-5-6-16-12(15)11(10)14/h5-6,9,18H,3-4,7-8H2,1-2H3,(H2,15,16). The summed E-state index contributed by atoms with van der Waals surface area (Å²) < 4.78 is 13.8. The molecule has 3 N–H and O–H groups in total. The number of halogens is 1. The molecule has 0 aliphatic rings. The highest BCUT2D eigenvalue weighted by Gasteiger charge is 2.25. The molecule has 6 heteroatoms. The number of carbonyl (C=O) groups excluding carboxylic acids is 1. The molecule has 5 nitrogen and oxygen atoms in total. The number of hydrogen-bond acceptors (Lipinski definition) is 4. The Kier molecular flexibility index (Phi) is 5.69. The highest BCUT2D eigenvalue weighted by atomic mass is 19.1. The summed E-state index contributed by atoms with van der Waals surface area (Å²) in [6.45, 7) is 3.91. The predicted molar refractivity (Wildman–Crippen MR) is 71.1 cm³/mol. The van der Waals surface area contributed by atoms with Crippen molar-refractivity contribution in [2.75, 3.05) is 18.9 Å². The average molecular weight is 269 g/mol. The van der Waals surface area contributed by atoms with Crippen molar-refractivity contribution >= 4 is 11.7 Å². The van der Waals surface area contributed by atoms with Gasteiger partial charge in [-0.2, -0.15) is 0 Å². The molecular formula is C13H20FN3O2. The predicted octanol–water partition coefficient (Wildman–Crippen LogP) is 1.43. The first-order chi connectivity index (χ1) is 9.06. The lowest BCUT2D eigenvalue weighted by molar-refractivity contribution is 0.0617. The van der Waals surface area contributed by atoms with Crippen LogP contribution in [-0.4, -0.2) is 40.1 Å². The zero-order valence-electron chi connectivity index (χ0n) is 11.3. The molecular weight excluding hydrogens is 249 g/mol. The molecule has 0 saturated heterocycles. The first-order valence-corrected chi connectivity index (χ1v) is 6.38. The fourth-order valence-electron chi connectivity index (χ4n) is 2.07. The van der Waals surface area contributed by atoms with Crippen molar-refractivity contribution in [3.05, 3.63) is 23.6 Å². The number of nitrogens with two attached hydrogens (primary N) is 1. The number of carbonyl (C=O) groups is 1. The fraction of sp³-hybridized carbons (Fsp3) is 0.538. The zero-order valence-corrected chi connectivity index (χ0v) is 11.3. The van der Waals surface area contributed by atoms with E-state index in [4.69, 9.17) is 10.8 Å².